The van der Waals surface area contributed by atoms with Gasteiger partial charge in [-0.1, -0.05) is 41.4 Å². The molecular formula is C19H15Cl2N7O. The van der Waals surface area contributed by atoms with Gasteiger partial charge < -0.3 is 5.32 Å². The van der Waals surface area contributed by atoms with Crippen LogP contribution in [0.2, 0.25) is 10.0 Å². The summed E-state index contributed by atoms with van der Waals surface area (Å²) in [6.07, 6.45) is 1.56. The molecule has 4 rings (SSSR count). The minimum atomic E-state index is 0.263. The molecule has 0 amide bonds. The first-order valence-electron chi connectivity index (χ1n) is 8.58. The molecule has 2 heterocycles. The molecule has 2 aromatic carbocycles. The van der Waals surface area contributed by atoms with Gasteiger partial charge in [0.15, 0.2) is 11.6 Å². The van der Waals surface area contributed by atoms with Crippen molar-refractivity contribution in [3.63, 3.8) is 0 Å². The van der Waals surface area contributed by atoms with Crippen molar-refractivity contribution >= 4 is 58.0 Å². The molecule has 2 aromatic heterocycles. The molecule has 0 spiro atoms. The van der Waals surface area contributed by atoms with E-state index in [0.717, 1.165) is 16.8 Å². The Bertz CT molecular complexity index is 1220. The lowest BCUT2D eigenvalue weighted by molar-refractivity contribution is 0.314. The molecule has 0 unspecified atom stereocenters. The van der Waals surface area contributed by atoms with Crippen molar-refractivity contribution in [1.29, 1.82) is 0 Å². The third-order valence-corrected chi connectivity index (χ3v) is 4.66. The molecule has 0 saturated carbocycles. The van der Waals surface area contributed by atoms with E-state index in [2.05, 4.69) is 36.1 Å². The fourth-order valence-electron chi connectivity index (χ4n) is 2.57. The van der Waals surface area contributed by atoms with Crippen LogP contribution in [-0.4, -0.2) is 26.5 Å². The van der Waals surface area contributed by atoms with E-state index in [-0.39, 0.29) is 11.3 Å². The molecule has 0 aliphatic heterocycles. The zero-order chi connectivity index (χ0) is 20.4. The monoisotopic (exact) mass is 427 g/mol. The fraction of sp³-hybridized carbons (Fsp3) is 0.105. The SMILES string of the molecule is Cc1ccc(C)c(Nc2nc3nonc3nc2N/N=C\c2ccc(Cl)cc2Cl)c1. The highest BCUT2D eigenvalue weighted by atomic mass is 35.5. The van der Waals surface area contributed by atoms with Gasteiger partial charge >= 0.3 is 0 Å². The zero-order valence-electron chi connectivity index (χ0n) is 15.4. The summed E-state index contributed by atoms with van der Waals surface area (Å²) in [5, 5.41) is 16.0. The van der Waals surface area contributed by atoms with E-state index in [9.17, 15) is 0 Å². The summed E-state index contributed by atoms with van der Waals surface area (Å²) in [5.41, 5.74) is 7.18. The molecule has 0 aliphatic carbocycles. The van der Waals surface area contributed by atoms with Crippen LogP contribution in [0.5, 0.6) is 0 Å². The van der Waals surface area contributed by atoms with Crippen LogP contribution in [0.3, 0.4) is 0 Å². The van der Waals surface area contributed by atoms with Crippen LogP contribution in [0.25, 0.3) is 11.3 Å². The third kappa shape index (κ3) is 4.28. The van der Waals surface area contributed by atoms with Crippen LogP contribution in [0, 0.1) is 13.8 Å². The lowest BCUT2D eigenvalue weighted by Crippen LogP contribution is -2.04. The Hall–Kier alpha value is -3.23. The van der Waals surface area contributed by atoms with Crippen LogP contribution in [0.15, 0.2) is 46.1 Å². The van der Waals surface area contributed by atoms with Gasteiger partial charge in [-0.25, -0.2) is 9.61 Å². The van der Waals surface area contributed by atoms with E-state index in [4.69, 9.17) is 27.8 Å². The largest absolute Gasteiger partial charge is 0.337 e. The minimum Gasteiger partial charge on any atom is -0.337 e. The Morgan fingerprint density at radius 3 is 2.48 bits per heavy atom. The van der Waals surface area contributed by atoms with Gasteiger partial charge in [-0.15, -0.1) is 0 Å². The molecule has 0 atom stereocenters. The number of hydrazone groups is 1. The van der Waals surface area contributed by atoms with Gasteiger partial charge in [0.05, 0.1) is 11.2 Å². The van der Waals surface area contributed by atoms with Crippen molar-refractivity contribution in [2.75, 3.05) is 10.7 Å². The maximum absolute atomic E-state index is 6.17. The summed E-state index contributed by atoms with van der Waals surface area (Å²) in [7, 11) is 0. The summed E-state index contributed by atoms with van der Waals surface area (Å²) >= 11 is 12.1. The second kappa shape index (κ2) is 8.02. The Labute approximate surface area is 175 Å². The summed E-state index contributed by atoms with van der Waals surface area (Å²) in [5.74, 6) is 0.789. The maximum atomic E-state index is 6.17. The summed E-state index contributed by atoms with van der Waals surface area (Å²) in [6.45, 7) is 4.01. The van der Waals surface area contributed by atoms with Gasteiger partial charge in [-0.05, 0) is 53.5 Å². The van der Waals surface area contributed by atoms with Gasteiger partial charge in [-0.2, -0.15) is 10.1 Å². The fourth-order valence-corrected chi connectivity index (χ4v) is 3.03. The average Bonchev–Trinajstić information content (AvgIpc) is 3.13. The molecular weight excluding hydrogens is 413 g/mol. The van der Waals surface area contributed by atoms with Crippen LogP contribution in [0.1, 0.15) is 16.7 Å². The molecule has 0 bridgehead atoms. The van der Waals surface area contributed by atoms with Crippen LogP contribution < -0.4 is 10.7 Å². The van der Waals surface area contributed by atoms with Gasteiger partial charge in [0.25, 0.3) is 0 Å². The minimum absolute atomic E-state index is 0.263. The Morgan fingerprint density at radius 2 is 1.72 bits per heavy atom. The zero-order valence-corrected chi connectivity index (χ0v) is 17.0. The number of rotatable bonds is 5. The van der Waals surface area contributed by atoms with Crippen molar-refractivity contribution in [1.82, 2.24) is 20.3 Å². The summed E-state index contributed by atoms with van der Waals surface area (Å²) < 4.78 is 4.72. The number of benzene rings is 2. The highest BCUT2D eigenvalue weighted by molar-refractivity contribution is 6.36. The van der Waals surface area contributed by atoms with Crippen molar-refractivity contribution in [2.24, 2.45) is 5.10 Å². The molecule has 4 aromatic rings. The highest BCUT2D eigenvalue weighted by Gasteiger charge is 2.13. The Kier molecular flexibility index (Phi) is 5.28. The predicted octanol–water partition coefficient (Wildman–Crippen LogP) is 5.13. The molecule has 10 heteroatoms. The van der Waals surface area contributed by atoms with E-state index < -0.39 is 0 Å². The number of hydrogen-bond donors (Lipinski definition) is 2. The first-order valence-corrected chi connectivity index (χ1v) is 9.34. The smallest absolute Gasteiger partial charge is 0.245 e. The number of halogens is 2. The van der Waals surface area contributed by atoms with E-state index >= 15 is 0 Å². The number of nitrogens with one attached hydrogen (secondary N) is 2. The molecule has 0 fully saturated rings. The number of fused-ring (bicyclic) bond motifs is 1. The predicted molar refractivity (Wildman–Crippen MR) is 114 cm³/mol. The summed E-state index contributed by atoms with van der Waals surface area (Å²) in [6, 6.07) is 11.2. The average molecular weight is 428 g/mol. The van der Waals surface area contributed by atoms with E-state index in [1.54, 1.807) is 24.4 Å². The standard InChI is InChI=1S/C19H15Cl2N7O/c1-10-3-4-11(2)15(7-10)23-16-17(25-19-18(24-16)27-29-28-19)26-22-9-12-5-6-13(20)8-14(12)21/h3-9H,1-2H3,(H,23,24,27)(H,25,26,28)/b22-9-. The van der Waals surface area contributed by atoms with Crippen LogP contribution in [0.4, 0.5) is 17.3 Å². The Morgan fingerprint density at radius 1 is 0.966 bits per heavy atom. The molecule has 0 aliphatic rings. The number of aromatic nitrogens is 4. The van der Waals surface area contributed by atoms with Gasteiger partial charge in [0.1, 0.15) is 0 Å². The van der Waals surface area contributed by atoms with Gasteiger partial charge in [0, 0.05) is 16.3 Å². The maximum Gasteiger partial charge on any atom is 0.245 e. The van der Waals surface area contributed by atoms with Crippen molar-refractivity contribution in [2.45, 2.75) is 13.8 Å². The number of hydrogen-bond acceptors (Lipinski definition) is 8. The number of anilines is 3. The van der Waals surface area contributed by atoms with Crippen molar-refractivity contribution < 1.29 is 4.63 Å². The first kappa shape index (κ1) is 19.1. The first-order chi connectivity index (χ1) is 14.0. The lowest BCUT2D eigenvalue weighted by atomic mass is 10.1. The molecule has 2 N–H and O–H groups in total. The molecule has 0 radical (unpaired) electrons. The second-order valence-electron chi connectivity index (χ2n) is 6.31. The van der Waals surface area contributed by atoms with E-state index in [1.807, 2.05) is 32.0 Å². The topological polar surface area (TPSA) is 101 Å². The van der Waals surface area contributed by atoms with Gasteiger partial charge in [0.2, 0.25) is 11.3 Å². The molecule has 0 saturated heterocycles. The number of aryl methyl sites for hydroxylation is 2. The Balaban J connectivity index is 1.66. The quantitative estimate of drug-likeness (QED) is 0.336. The summed E-state index contributed by atoms with van der Waals surface area (Å²) in [4.78, 5) is 8.82. The van der Waals surface area contributed by atoms with E-state index in [0.29, 0.717) is 27.2 Å². The third-order valence-electron chi connectivity index (χ3n) is 4.10. The second-order valence-corrected chi connectivity index (χ2v) is 7.16. The van der Waals surface area contributed by atoms with Crippen LogP contribution >= 0.6 is 23.2 Å². The molecule has 8 nitrogen and oxygen atoms in total. The van der Waals surface area contributed by atoms with E-state index in [1.165, 1.54) is 0 Å². The lowest BCUT2D eigenvalue weighted by Gasteiger charge is -2.12. The molecule has 146 valence electrons. The van der Waals surface area contributed by atoms with Crippen molar-refractivity contribution in [3.8, 4) is 0 Å². The highest BCUT2D eigenvalue weighted by Crippen LogP contribution is 2.26. The normalized spacial score (nSPS) is 11.3. The molecule has 29 heavy (non-hydrogen) atoms. The number of nitrogens with zero attached hydrogens (tertiary/aromatic N) is 5. The van der Waals surface area contributed by atoms with Crippen molar-refractivity contribution in [3.05, 3.63) is 63.1 Å². The van der Waals surface area contributed by atoms with Gasteiger partial charge in [-0.3, -0.25) is 5.43 Å². The van der Waals surface area contributed by atoms with Crippen LogP contribution in [-0.2, 0) is 0 Å².